The van der Waals surface area contributed by atoms with E-state index < -0.39 is 5.60 Å². The van der Waals surface area contributed by atoms with Crippen LogP contribution in [-0.2, 0) is 25.4 Å². The number of unbranched alkanes of at least 4 members (excludes halogenated alkanes) is 3. The normalized spacial score (nSPS) is 27.3. The van der Waals surface area contributed by atoms with Gasteiger partial charge in [0.1, 0.15) is 35.8 Å². The van der Waals surface area contributed by atoms with Crippen molar-refractivity contribution in [2.24, 2.45) is 5.92 Å². The van der Waals surface area contributed by atoms with E-state index in [1.807, 2.05) is 19.1 Å². The summed E-state index contributed by atoms with van der Waals surface area (Å²) < 4.78 is 32.5. The van der Waals surface area contributed by atoms with Gasteiger partial charge in [0, 0.05) is 32.3 Å². The number of aliphatic hydroxyl groups excluding tert-OH is 1. The molecule has 1 heterocycles. The maximum Gasteiger partial charge on any atom is 0.119 e. The van der Waals surface area contributed by atoms with Crippen molar-refractivity contribution in [1.82, 2.24) is 0 Å². The molecular formula is C35H52O6. The molecular weight excluding hydrogens is 516 g/mol. The molecule has 2 fully saturated rings. The Kier molecular flexibility index (Phi) is 12.5. The van der Waals surface area contributed by atoms with Crippen LogP contribution >= 0.6 is 0 Å². The number of rotatable bonds is 18. The van der Waals surface area contributed by atoms with E-state index in [2.05, 4.69) is 57.2 Å². The van der Waals surface area contributed by atoms with Crippen LogP contribution in [0, 0.1) is 5.92 Å². The lowest BCUT2D eigenvalue weighted by Gasteiger charge is -2.48. The summed E-state index contributed by atoms with van der Waals surface area (Å²) in [6, 6.07) is 17.0. The molecule has 1 saturated heterocycles. The predicted molar refractivity (Wildman–Crippen MR) is 163 cm³/mol. The fourth-order valence-electron chi connectivity index (χ4n) is 5.96. The molecule has 1 aliphatic heterocycles. The first kappa shape index (κ1) is 32.0. The van der Waals surface area contributed by atoms with Crippen LogP contribution in [0.25, 0.3) is 0 Å². The molecule has 0 bridgehead atoms. The minimum atomic E-state index is -0.556. The molecule has 0 amide bonds. The molecule has 41 heavy (non-hydrogen) atoms. The van der Waals surface area contributed by atoms with Gasteiger partial charge in [0.15, 0.2) is 0 Å². The molecule has 1 saturated carbocycles. The second-order valence-electron chi connectivity index (χ2n) is 11.6. The molecule has 2 aliphatic rings. The zero-order chi connectivity index (χ0) is 29.1. The van der Waals surface area contributed by atoms with Gasteiger partial charge < -0.3 is 28.8 Å². The lowest BCUT2D eigenvalue weighted by atomic mass is 9.87. The molecule has 6 atom stereocenters. The van der Waals surface area contributed by atoms with E-state index in [1.165, 1.54) is 11.1 Å². The molecule has 1 aliphatic carbocycles. The lowest BCUT2D eigenvalue weighted by Crippen LogP contribution is -2.59. The summed E-state index contributed by atoms with van der Waals surface area (Å²) in [6.07, 6.45) is 6.60. The molecule has 0 radical (unpaired) electrons. The van der Waals surface area contributed by atoms with Gasteiger partial charge in [-0.2, -0.15) is 0 Å². The van der Waals surface area contributed by atoms with Crippen molar-refractivity contribution in [2.45, 2.75) is 109 Å². The van der Waals surface area contributed by atoms with Gasteiger partial charge in [-0.15, -0.1) is 0 Å². The van der Waals surface area contributed by atoms with Crippen LogP contribution in [0.15, 0.2) is 48.5 Å². The van der Waals surface area contributed by atoms with Gasteiger partial charge in [-0.3, -0.25) is 0 Å². The Labute approximate surface area is 247 Å². The van der Waals surface area contributed by atoms with Crippen molar-refractivity contribution in [2.75, 3.05) is 33.0 Å². The van der Waals surface area contributed by atoms with E-state index >= 15 is 0 Å². The molecule has 2 aromatic carbocycles. The van der Waals surface area contributed by atoms with Gasteiger partial charge in [-0.25, -0.2) is 0 Å². The average molecular weight is 569 g/mol. The van der Waals surface area contributed by atoms with Crippen molar-refractivity contribution in [1.29, 1.82) is 0 Å². The zero-order valence-electron chi connectivity index (χ0n) is 25.7. The van der Waals surface area contributed by atoms with Crippen molar-refractivity contribution in [3.05, 3.63) is 65.2 Å². The molecule has 6 heteroatoms. The summed E-state index contributed by atoms with van der Waals surface area (Å²) in [6.45, 7) is 11.2. The SMILES string of the molecule is CCCCO[C@@H]1[C@@H](OCCCC)[C@H](OCCCC)C2(CC2CO)O[C@H]1c1cccc(Cc2ccc(OCC)cc2)c1. The maximum absolute atomic E-state index is 10.3. The highest BCUT2D eigenvalue weighted by atomic mass is 16.6. The van der Waals surface area contributed by atoms with Crippen LogP contribution < -0.4 is 4.74 Å². The Morgan fingerprint density at radius 1 is 0.805 bits per heavy atom. The van der Waals surface area contributed by atoms with Gasteiger partial charge >= 0.3 is 0 Å². The third-order valence-electron chi connectivity index (χ3n) is 8.40. The highest BCUT2D eigenvalue weighted by molar-refractivity contribution is 5.35. The quantitative estimate of drug-likeness (QED) is 0.194. The summed E-state index contributed by atoms with van der Waals surface area (Å²) in [4.78, 5) is 0. The first-order valence-corrected chi connectivity index (χ1v) is 16.0. The van der Waals surface area contributed by atoms with E-state index in [9.17, 15) is 5.11 Å². The van der Waals surface area contributed by atoms with Gasteiger partial charge in [-0.1, -0.05) is 76.4 Å². The lowest BCUT2D eigenvalue weighted by molar-refractivity contribution is -0.275. The Hall–Kier alpha value is -1.96. The second kappa shape index (κ2) is 16.0. The van der Waals surface area contributed by atoms with E-state index in [0.29, 0.717) is 26.4 Å². The molecule has 1 N–H and O–H groups in total. The van der Waals surface area contributed by atoms with Crippen molar-refractivity contribution in [3.8, 4) is 5.75 Å². The molecule has 4 rings (SSSR count). The number of ether oxygens (including phenoxy) is 5. The minimum absolute atomic E-state index is 0.0394. The minimum Gasteiger partial charge on any atom is -0.494 e. The van der Waals surface area contributed by atoms with Gasteiger partial charge in [-0.05, 0) is 67.9 Å². The summed E-state index contributed by atoms with van der Waals surface area (Å²) >= 11 is 0. The molecule has 2 aromatic rings. The summed E-state index contributed by atoms with van der Waals surface area (Å²) in [5.41, 5.74) is 2.99. The first-order chi connectivity index (χ1) is 20.1. The third kappa shape index (κ3) is 8.11. The van der Waals surface area contributed by atoms with Crippen LogP contribution in [-0.4, -0.2) is 62.1 Å². The van der Waals surface area contributed by atoms with Gasteiger partial charge in [0.25, 0.3) is 0 Å². The molecule has 0 aromatic heterocycles. The van der Waals surface area contributed by atoms with Crippen LogP contribution in [0.2, 0.25) is 0 Å². The number of hydrogen-bond donors (Lipinski definition) is 1. The Bertz CT molecular complexity index is 1030. The second-order valence-corrected chi connectivity index (χ2v) is 11.6. The molecule has 6 nitrogen and oxygen atoms in total. The molecule has 228 valence electrons. The van der Waals surface area contributed by atoms with Gasteiger partial charge in [0.05, 0.1) is 6.61 Å². The van der Waals surface area contributed by atoms with E-state index in [4.69, 9.17) is 23.7 Å². The fraction of sp³-hybridized carbons (Fsp3) is 0.657. The highest BCUT2D eigenvalue weighted by Gasteiger charge is 2.68. The van der Waals surface area contributed by atoms with Crippen molar-refractivity contribution in [3.63, 3.8) is 0 Å². The molecule has 2 unspecified atom stereocenters. The Balaban J connectivity index is 1.64. The van der Waals surface area contributed by atoms with Crippen LogP contribution in [0.5, 0.6) is 5.75 Å². The maximum atomic E-state index is 10.3. The topological polar surface area (TPSA) is 66.4 Å². The average Bonchev–Trinajstić information content (AvgIpc) is 3.70. The van der Waals surface area contributed by atoms with Crippen LogP contribution in [0.1, 0.15) is 95.4 Å². The number of aliphatic hydroxyl groups is 1. The standard InChI is InChI=1S/C35H52O6/c1-5-9-19-38-32-31(28-14-12-13-27(23-28)22-26-15-17-30(18-16-26)37-8-4)41-35(24-29(35)25-36)34(40-21-11-7-3)33(32)39-20-10-6-2/h12-18,23,29,31-34,36H,5-11,19-22,24-25H2,1-4H3/t29?,31-,32-,33+,34-,35?/m0/s1. The third-order valence-corrected chi connectivity index (χ3v) is 8.40. The summed E-state index contributed by atoms with van der Waals surface area (Å²) in [7, 11) is 0. The predicted octanol–water partition coefficient (Wildman–Crippen LogP) is 7.05. The van der Waals surface area contributed by atoms with Crippen molar-refractivity contribution < 1.29 is 28.8 Å². The van der Waals surface area contributed by atoms with Crippen LogP contribution in [0.4, 0.5) is 0 Å². The highest BCUT2D eigenvalue weighted by Crippen LogP contribution is 2.58. The van der Waals surface area contributed by atoms with E-state index in [1.54, 1.807) is 0 Å². The Morgan fingerprint density at radius 2 is 1.46 bits per heavy atom. The largest absolute Gasteiger partial charge is 0.494 e. The monoisotopic (exact) mass is 568 g/mol. The number of hydrogen-bond acceptors (Lipinski definition) is 6. The fourth-order valence-corrected chi connectivity index (χ4v) is 5.96. The van der Waals surface area contributed by atoms with E-state index in [0.717, 1.165) is 62.7 Å². The summed E-state index contributed by atoms with van der Waals surface area (Å²) in [5, 5.41) is 10.3. The van der Waals surface area contributed by atoms with Crippen LogP contribution in [0.3, 0.4) is 0 Å². The smallest absolute Gasteiger partial charge is 0.119 e. The van der Waals surface area contributed by atoms with Crippen molar-refractivity contribution >= 4 is 0 Å². The molecule has 1 spiro atoms. The van der Waals surface area contributed by atoms with Gasteiger partial charge in [0.2, 0.25) is 0 Å². The van der Waals surface area contributed by atoms with E-state index in [-0.39, 0.29) is 36.9 Å². The number of benzene rings is 2. The Morgan fingerprint density at radius 3 is 2.07 bits per heavy atom. The summed E-state index contributed by atoms with van der Waals surface area (Å²) in [5.74, 6) is 0.934. The first-order valence-electron chi connectivity index (χ1n) is 16.0. The zero-order valence-corrected chi connectivity index (χ0v) is 25.7.